The van der Waals surface area contributed by atoms with E-state index in [1.54, 1.807) is 12.0 Å². The summed E-state index contributed by atoms with van der Waals surface area (Å²) in [5, 5.41) is 0.885. The van der Waals surface area contributed by atoms with Crippen molar-refractivity contribution in [1.82, 2.24) is 14.3 Å². The maximum Gasteiger partial charge on any atom is 0.224 e. The second kappa shape index (κ2) is 10.7. The molecule has 3 rings (SSSR count). The van der Waals surface area contributed by atoms with E-state index in [9.17, 15) is 4.79 Å². The number of quaternary nitrogens is 1. The van der Waals surface area contributed by atoms with Gasteiger partial charge in [0.15, 0.2) is 0 Å². The number of hydrogen-bond acceptors (Lipinski definition) is 6. The van der Waals surface area contributed by atoms with Crippen LogP contribution in [-0.4, -0.2) is 72.6 Å². The predicted molar refractivity (Wildman–Crippen MR) is 121 cm³/mol. The molecule has 1 aromatic heterocycles. The number of carbonyl (C=O) groups excluding carboxylic acids is 1. The van der Waals surface area contributed by atoms with E-state index in [1.165, 1.54) is 11.5 Å². The third-order valence-corrected chi connectivity index (χ3v) is 6.50. The number of ether oxygens (including phenoxy) is 1. The van der Waals surface area contributed by atoms with E-state index in [0.29, 0.717) is 19.4 Å². The fourth-order valence-electron chi connectivity index (χ4n) is 3.77. The molecule has 1 N–H and O–H groups in total. The minimum absolute atomic E-state index is 0.247. The molecule has 0 unspecified atom stereocenters. The summed E-state index contributed by atoms with van der Waals surface area (Å²) in [4.78, 5) is 23.3. The number of hydrogen-bond donors (Lipinski definition) is 1. The molecule has 8 heteroatoms. The number of amides is 1. The zero-order valence-corrected chi connectivity index (χ0v) is 19.4. The van der Waals surface area contributed by atoms with E-state index in [-0.39, 0.29) is 11.9 Å². The molecular weight excluding hydrogens is 398 g/mol. The van der Waals surface area contributed by atoms with Crippen LogP contribution in [0, 0.1) is 0 Å². The molecule has 0 radical (unpaired) electrons. The number of aromatic nitrogens is 2. The SMILES string of the molecule is CC[NH+]1CCN(C(=O)CCN(c2nc(Cc3cccc(OC)c3)ns2)C(C)C)CC1. The van der Waals surface area contributed by atoms with Gasteiger partial charge in [-0.1, -0.05) is 12.1 Å². The van der Waals surface area contributed by atoms with Crippen molar-refractivity contribution in [2.45, 2.75) is 39.7 Å². The zero-order valence-electron chi connectivity index (χ0n) is 18.6. The molecule has 1 aliphatic heterocycles. The van der Waals surface area contributed by atoms with Gasteiger partial charge in [0.05, 0.1) is 39.8 Å². The highest BCUT2D eigenvalue weighted by Crippen LogP contribution is 2.22. The van der Waals surface area contributed by atoms with Gasteiger partial charge in [0.1, 0.15) is 11.6 Å². The first kappa shape index (κ1) is 22.5. The van der Waals surface area contributed by atoms with Gasteiger partial charge in [0, 0.05) is 37.0 Å². The van der Waals surface area contributed by atoms with Crippen LogP contribution in [0.5, 0.6) is 5.75 Å². The molecule has 1 fully saturated rings. The van der Waals surface area contributed by atoms with Crippen LogP contribution in [0.4, 0.5) is 5.13 Å². The topological polar surface area (TPSA) is 63.0 Å². The summed E-state index contributed by atoms with van der Waals surface area (Å²) in [7, 11) is 1.67. The number of likely N-dealkylation sites (N-methyl/N-ethyl adjacent to an activating group) is 1. The largest absolute Gasteiger partial charge is 0.497 e. The molecule has 2 aromatic rings. The lowest BCUT2D eigenvalue weighted by molar-refractivity contribution is -0.902. The fraction of sp³-hybridized carbons (Fsp3) is 0.591. The number of benzene rings is 1. The summed E-state index contributed by atoms with van der Waals surface area (Å²) < 4.78 is 9.86. The second-order valence-corrected chi connectivity index (χ2v) is 8.77. The van der Waals surface area contributed by atoms with Gasteiger partial charge in [0.2, 0.25) is 11.0 Å². The molecule has 0 bridgehead atoms. The fourth-order valence-corrected chi connectivity index (χ4v) is 4.62. The number of methoxy groups -OCH3 is 1. The first-order chi connectivity index (χ1) is 14.5. The lowest BCUT2D eigenvalue weighted by atomic mass is 10.1. The predicted octanol–water partition coefficient (Wildman–Crippen LogP) is 1.49. The normalized spacial score (nSPS) is 14.9. The number of rotatable bonds is 9. The lowest BCUT2D eigenvalue weighted by Gasteiger charge is -2.32. The van der Waals surface area contributed by atoms with Crippen molar-refractivity contribution >= 4 is 22.6 Å². The van der Waals surface area contributed by atoms with Crippen LogP contribution in [0.3, 0.4) is 0 Å². The number of piperazine rings is 1. The van der Waals surface area contributed by atoms with E-state index in [2.05, 4.69) is 36.1 Å². The van der Waals surface area contributed by atoms with Crippen LogP contribution >= 0.6 is 11.5 Å². The van der Waals surface area contributed by atoms with Crippen molar-refractivity contribution in [1.29, 1.82) is 0 Å². The first-order valence-electron chi connectivity index (χ1n) is 10.8. The molecule has 0 saturated carbocycles. The maximum atomic E-state index is 12.7. The van der Waals surface area contributed by atoms with Gasteiger partial charge in [-0.15, -0.1) is 0 Å². The van der Waals surface area contributed by atoms with Crippen molar-refractivity contribution < 1.29 is 14.4 Å². The number of carbonyl (C=O) groups is 1. The third-order valence-electron chi connectivity index (χ3n) is 5.71. The monoisotopic (exact) mass is 432 g/mol. The summed E-state index contributed by atoms with van der Waals surface area (Å²) >= 11 is 1.41. The highest BCUT2D eigenvalue weighted by Gasteiger charge is 2.24. The Labute approximate surface area is 183 Å². The van der Waals surface area contributed by atoms with Crippen molar-refractivity contribution in [2.24, 2.45) is 0 Å². The molecule has 1 amide bonds. The van der Waals surface area contributed by atoms with Crippen molar-refractivity contribution in [3.05, 3.63) is 35.7 Å². The summed E-state index contributed by atoms with van der Waals surface area (Å²) in [5.41, 5.74) is 1.12. The van der Waals surface area contributed by atoms with Crippen molar-refractivity contribution in [2.75, 3.05) is 51.3 Å². The molecule has 1 aromatic carbocycles. The quantitative estimate of drug-likeness (QED) is 0.651. The van der Waals surface area contributed by atoms with Crippen LogP contribution in [0.15, 0.2) is 24.3 Å². The maximum absolute atomic E-state index is 12.7. The third kappa shape index (κ3) is 5.92. The average molecular weight is 433 g/mol. The van der Waals surface area contributed by atoms with Crippen LogP contribution in [0.1, 0.15) is 38.6 Å². The van der Waals surface area contributed by atoms with E-state index in [0.717, 1.165) is 55.0 Å². The summed E-state index contributed by atoms with van der Waals surface area (Å²) in [6.45, 7) is 12.1. The smallest absolute Gasteiger partial charge is 0.224 e. The van der Waals surface area contributed by atoms with E-state index in [1.807, 2.05) is 23.1 Å². The Morgan fingerprint density at radius 2 is 2.10 bits per heavy atom. The first-order valence-corrected chi connectivity index (χ1v) is 11.6. The Bertz CT molecular complexity index is 817. The second-order valence-electron chi connectivity index (χ2n) is 8.04. The van der Waals surface area contributed by atoms with Crippen LogP contribution < -0.4 is 14.5 Å². The lowest BCUT2D eigenvalue weighted by Crippen LogP contribution is -3.14. The van der Waals surface area contributed by atoms with Gasteiger partial charge in [0.25, 0.3) is 0 Å². The molecule has 30 heavy (non-hydrogen) atoms. The zero-order chi connectivity index (χ0) is 21.5. The van der Waals surface area contributed by atoms with Gasteiger partial charge in [-0.3, -0.25) is 4.79 Å². The summed E-state index contributed by atoms with van der Waals surface area (Å²) in [6.07, 6.45) is 1.19. The Balaban J connectivity index is 1.58. The number of anilines is 1. The minimum atomic E-state index is 0.247. The molecule has 164 valence electrons. The highest BCUT2D eigenvalue weighted by atomic mass is 32.1. The van der Waals surface area contributed by atoms with Crippen molar-refractivity contribution in [3.63, 3.8) is 0 Å². The highest BCUT2D eigenvalue weighted by molar-refractivity contribution is 7.09. The molecule has 1 aliphatic rings. The van der Waals surface area contributed by atoms with Crippen LogP contribution in [-0.2, 0) is 11.2 Å². The standard InChI is InChI=1S/C22H33N5O2S/c1-5-25-11-13-26(14-12-25)21(28)9-10-27(17(2)3)22-23-20(24-30-22)16-18-7-6-8-19(15-18)29-4/h6-8,15,17H,5,9-14,16H2,1-4H3/p+1. The van der Waals surface area contributed by atoms with E-state index in [4.69, 9.17) is 9.72 Å². The molecule has 2 heterocycles. The molecule has 7 nitrogen and oxygen atoms in total. The minimum Gasteiger partial charge on any atom is -0.497 e. The molecular formula is C22H34N5O2S+. The van der Waals surface area contributed by atoms with Gasteiger partial charge < -0.3 is 19.4 Å². The Morgan fingerprint density at radius 3 is 2.77 bits per heavy atom. The number of nitrogens with zero attached hydrogens (tertiary/aromatic N) is 4. The van der Waals surface area contributed by atoms with Gasteiger partial charge in [-0.25, -0.2) is 4.98 Å². The Morgan fingerprint density at radius 1 is 1.33 bits per heavy atom. The molecule has 0 aliphatic carbocycles. The van der Waals surface area contributed by atoms with Crippen LogP contribution in [0.2, 0.25) is 0 Å². The summed E-state index contributed by atoms with van der Waals surface area (Å²) in [6, 6.07) is 8.25. The van der Waals surface area contributed by atoms with Crippen LogP contribution in [0.25, 0.3) is 0 Å². The summed E-state index contributed by atoms with van der Waals surface area (Å²) in [5.74, 6) is 1.89. The van der Waals surface area contributed by atoms with Gasteiger partial charge in [-0.05, 0) is 38.5 Å². The molecule has 1 saturated heterocycles. The molecule has 0 spiro atoms. The molecule has 0 atom stereocenters. The van der Waals surface area contributed by atoms with E-state index >= 15 is 0 Å². The number of nitrogens with one attached hydrogen (secondary N) is 1. The van der Waals surface area contributed by atoms with Crippen molar-refractivity contribution in [3.8, 4) is 5.75 Å². The van der Waals surface area contributed by atoms with Gasteiger partial charge >= 0.3 is 0 Å². The van der Waals surface area contributed by atoms with Gasteiger partial charge in [-0.2, -0.15) is 4.37 Å². The Kier molecular flexibility index (Phi) is 8.04. The average Bonchev–Trinajstić information content (AvgIpc) is 3.21. The Hall–Kier alpha value is -2.19. The van der Waals surface area contributed by atoms with E-state index < -0.39 is 0 Å².